The third-order valence-corrected chi connectivity index (χ3v) is 2.79. The molecular weight excluding hydrogens is 258 g/mol. The normalized spacial score (nSPS) is 14.0. The minimum absolute atomic E-state index is 0.130. The number of para-hydroxylation sites is 1. The van der Waals surface area contributed by atoms with Crippen LogP contribution < -0.4 is 10.1 Å². The van der Waals surface area contributed by atoms with Gasteiger partial charge in [0.15, 0.2) is 0 Å². The molecule has 3 N–H and O–H groups in total. The molecule has 1 aromatic carbocycles. The molecule has 0 radical (unpaired) electrons. The Morgan fingerprint density at radius 3 is 2.50 bits per heavy atom. The number of hydrogen-bond acceptors (Lipinski definition) is 4. The van der Waals surface area contributed by atoms with E-state index < -0.39 is 18.1 Å². The van der Waals surface area contributed by atoms with Crippen molar-refractivity contribution >= 4 is 5.97 Å². The topological polar surface area (TPSA) is 78.8 Å². The second kappa shape index (κ2) is 8.55. The molecule has 112 valence electrons. The molecule has 5 nitrogen and oxygen atoms in total. The van der Waals surface area contributed by atoms with Crippen LogP contribution in [0.3, 0.4) is 0 Å². The maximum absolute atomic E-state index is 11.1. The molecule has 5 heteroatoms. The molecule has 0 amide bonds. The summed E-state index contributed by atoms with van der Waals surface area (Å²) in [5.41, 5.74) is 0. The fraction of sp³-hybridized carbons (Fsp3) is 0.533. The number of aliphatic hydroxyl groups is 1. The maximum Gasteiger partial charge on any atom is 0.320 e. The van der Waals surface area contributed by atoms with Gasteiger partial charge in [-0.2, -0.15) is 0 Å². The average molecular weight is 281 g/mol. The van der Waals surface area contributed by atoms with Crippen LogP contribution in [0.4, 0.5) is 0 Å². The predicted molar refractivity (Wildman–Crippen MR) is 76.8 cm³/mol. The first-order valence-corrected chi connectivity index (χ1v) is 6.81. The van der Waals surface area contributed by atoms with E-state index in [-0.39, 0.29) is 19.1 Å². The zero-order valence-corrected chi connectivity index (χ0v) is 12.0. The van der Waals surface area contributed by atoms with Crippen molar-refractivity contribution in [1.29, 1.82) is 0 Å². The number of carboxylic acids is 1. The average Bonchev–Trinajstić information content (AvgIpc) is 2.41. The van der Waals surface area contributed by atoms with E-state index in [1.807, 2.05) is 32.0 Å². The number of carboxylic acid groups (broad SMARTS) is 1. The van der Waals surface area contributed by atoms with Crippen molar-refractivity contribution in [2.75, 3.05) is 13.2 Å². The Labute approximate surface area is 119 Å². The van der Waals surface area contributed by atoms with E-state index in [0.717, 1.165) is 0 Å². The number of aliphatic carboxylic acids is 1. The molecule has 0 unspecified atom stereocenters. The van der Waals surface area contributed by atoms with Gasteiger partial charge < -0.3 is 20.3 Å². The highest BCUT2D eigenvalue weighted by molar-refractivity contribution is 5.73. The minimum atomic E-state index is -0.894. The van der Waals surface area contributed by atoms with Crippen LogP contribution in [0.15, 0.2) is 30.3 Å². The molecule has 20 heavy (non-hydrogen) atoms. The lowest BCUT2D eigenvalue weighted by Crippen LogP contribution is -2.43. The summed E-state index contributed by atoms with van der Waals surface area (Å²) in [6.07, 6.45) is -0.217. The van der Waals surface area contributed by atoms with E-state index in [1.54, 1.807) is 12.1 Å². The van der Waals surface area contributed by atoms with Gasteiger partial charge in [-0.15, -0.1) is 0 Å². The zero-order chi connectivity index (χ0) is 15.0. The quantitative estimate of drug-likeness (QED) is 0.639. The van der Waals surface area contributed by atoms with Crippen LogP contribution in [0, 0.1) is 5.92 Å². The van der Waals surface area contributed by atoms with Crippen molar-refractivity contribution in [2.24, 2.45) is 5.92 Å². The van der Waals surface area contributed by atoms with E-state index in [2.05, 4.69) is 5.32 Å². The predicted octanol–water partition coefficient (Wildman–Crippen LogP) is 1.52. The molecule has 0 spiro atoms. The molecule has 0 bridgehead atoms. The number of benzene rings is 1. The largest absolute Gasteiger partial charge is 0.491 e. The van der Waals surface area contributed by atoms with E-state index >= 15 is 0 Å². The fourth-order valence-electron chi connectivity index (χ4n) is 1.79. The molecule has 0 saturated carbocycles. The molecule has 0 saturated heterocycles. The number of ether oxygens (including phenoxy) is 1. The number of rotatable bonds is 9. The molecule has 0 aliphatic carbocycles. The minimum Gasteiger partial charge on any atom is -0.491 e. The summed E-state index contributed by atoms with van der Waals surface area (Å²) in [7, 11) is 0. The highest BCUT2D eigenvalue weighted by Gasteiger charge is 2.19. The van der Waals surface area contributed by atoms with Gasteiger partial charge in [0.1, 0.15) is 24.5 Å². The summed E-state index contributed by atoms with van der Waals surface area (Å²) in [5.74, 6) is 0.0692. The summed E-state index contributed by atoms with van der Waals surface area (Å²) < 4.78 is 5.40. The van der Waals surface area contributed by atoms with Crippen LogP contribution in [-0.4, -0.2) is 41.5 Å². The number of carbonyl (C=O) groups is 1. The highest BCUT2D eigenvalue weighted by Crippen LogP contribution is 2.09. The third kappa shape index (κ3) is 6.54. The van der Waals surface area contributed by atoms with Gasteiger partial charge in [-0.25, -0.2) is 0 Å². The lowest BCUT2D eigenvalue weighted by atomic mass is 10.0. The van der Waals surface area contributed by atoms with Crippen molar-refractivity contribution < 1.29 is 19.7 Å². The summed E-state index contributed by atoms with van der Waals surface area (Å²) in [6.45, 7) is 4.25. The third-order valence-electron chi connectivity index (χ3n) is 2.79. The van der Waals surface area contributed by atoms with E-state index in [0.29, 0.717) is 12.2 Å². The SMILES string of the molecule is CC(C)C[C@@H](NC[C@@H](O)COc1ccccc1)C(=O)O. The molecule has 1 rings (SSSR count). The van der Waals surface area contributed by atoms with E-state index in [4.69, 9.17) is 9.84 Å². The molecule has 2 atom stereocenters. The molecule has 0 fully saturated rings. The van der Waals surface area contributed by atoms with Crippen molar-refractivity contribution in [2.45, 2.75) is 32.4 Å². The lowest BCUT2D eigenvalue weighted by Gasteiger charge is -2.19. The van der Waals surface area contributed by atoms with Gasteiger partial charge in [0.25, 0.3) is 0 Å². The monoisotopic (exact) mass is 281 g/mol. The van der Waals surface area contributed by atoms with E-state index in [9.17, 15) is 9.90 Å². The fourth-order valence-corrected chi connectivity index (χ4v) is 1.79. The van der Waals surface area contributed by atoms with Crippen molar-refractivity contribution in [1.82, 2.24) is 5.32 Å². The van der Waals surface area contributed by atoms with Crippen LogP contribution in [0.2, 0.25) is 0 Å². The van der Waals surface area contributed by atoms with Crippen LogP contribution in [0.1, 0.15) is 20.3 Å². The van der Waals surface area contributed by atoms with Gasteiger partial charge in [0.05, 0.1) is 0 Å². The Hall–Kier alpha value is -1.59. The van der Waals surface area contributed by atoms with Gasteiger partial charge in [-0.3, -0.25) is 4.79 Å². The summed E-state index contributed by atoms with van der Waals surface area (Å²) >= 11 is 0. The summed E-state index contributed by atoms with van der Waals surface area (Å²) in [6, 6.07) is 8.56. The van der Waals surface area contributed by atoms with Gasteiger partial charge in [-0.1, -0.05) is 32.0 Å². The first-order valence-electron chi connectivity index (χ1n) is 6.81. The number of aliphatic hydroxyl groups excluding tert-OH is 1. The second-order valence-electron chi connectivity index (χ2n) is 5.21. The van der Waals surface area contributed by atoms with Crippen molar-refractivity contribution in [3.8, 4) is 5.75 Å². The van der Waals surface area contributed by atoms with Gasteiger partial charge in [0.2, 0.25) is 0 Å². The smallest absolute Gasteiger partial charge is 0.320 e. The Kier molecular flexibility index (Phi) is 7.04. The van der Waals surface area contributed by atoms with Crippen LogP contribution >= 0.6 is 0 Å². The van der Waals surface area contributed by atoms with Crippen LogP contribution in [-0.2, 0) is 4.79 Å². The second-order valence-corrected chi connectivity index (χ2v) is 5.21. The molecule has 0 aliphatic heterocycles. The standard InChI is InChI=1S/C15H23NO4/c1-11(2)8-14(15(18)19)16-9-12(17)10-20-13-6-4-3-5-7-13/h3-7,11-12,14,16-17H,8-10H2,1-2H3,(H,18,19)/t12-,14-/m1/s1. The van der Waals surface area contributed by atoms with Crippen molar-refractivity contribution in [3.63, 3.8) is 0 Å². The lowest BCUT2D eigenvalue weighted by molar-refractivity contribution is -0.140. The maximum atomic E-state index is 11.1. The molecule has 0 heterocycles. The number of nitrogens with one attached hydrogen (secondary N) is 1. The Bertz CT molecular complexity index is 394. The molecule has 0 aliphatic rings. The first-order chi connectivity index (χ1) is 9.49. The van der Waals surface area contributed by atoms with Crippen LogP contribution in [0.5, 0.6) is 5.75 Å². The van der Waals surface area contributed by atoms with E-state index in [1.165, 1.54) is 0 Å². The van der Waals surface area contributed by atoms with Gasteiger partial charge in [-0.05, 0) is 24.5 Å². The Balaban J connectivity index is 2.30. The summed E-state index contributed by atoms with van der Waals surface area (Å²) in [4.78, 5) is 11.1. The van der Waals surface area contributed by atoms with Crippen LogP contribution in [0.25, 0.3) is 0 Å². The zero-order valence-electron chi connectivity index (χ0n) is 12.0. The molecular formula is C15H23NO4. The Morgan fingerprint density at radius 2 is 1.95 bits per heavy atom. The molecule has 0 aromatic heterocycles. The molecule has 1 aromatic rings. The van der Waals surface area contributed by atoms with Crippen molar-refractivity contribution in [3.05, 3.63) is 30.3 Å². The van der Waals surface area contributed by atoms with Gasteiger partial charge >= 0.3 is 5.97 Å². The Morgan fingerprint density at radius 1 is 1.30 bits per heavy atom. The highest BCUT2D eigenvalue weighted by atomic mass is 16.5. The van der Waals surface area contributed by atoms with Gasteiger partial charge in [0, 0.05) is 6.54 Å². The summed E-state index contributed by atoms with van der Waals surface area (Å²) in [5, 5.41) is 21.7. The first kappa shape index (κ1) is 16.5. The number of hydrogen-bond donors (Lipinski definition) is 3.